The Labute approximate surface area is 368 Å². The zero-order valence-corrected chi connectivity index (χ0v) is 40.2. The second-order valence-corrected chi connectivity index (χ2v) is 20.7. The molecule has 0 atom stereocenters. The summed E-state index contributed by atoms with van der Waals surface area (Å²) in [6, 6.07) is 50.4. The summed E-state index contributed by atoms with van der Waals surface area (Å²) >= 11 is -0.826. The van der Waals surface area contributed by atoms with Gasteiger partial charge in [-0.3, -0.25) is 0 Å². The molecule has 0 unspecified atom stereocenters. The van der Waals surface area contributed by atoms with Gasteiger partial charge in [0.2, 0.25) is 0 Å². The van der Waals surface area contributed by atoms with Crippen LogP contribution in [-0.2, 0) is 33.7 Å². The van der Waals surface area contributed by atoms with Gasteiger partial charge in [0.1, 0.15) is 0 Å². The molecule has 1 aliphatic heterocycles. The van der Waals surface area contributed by atoms with Crippen LogP contribution in [-0.4, -0.2) is 9.52 Å². The zero-order chi connectivity index (χ0) is 41.3. The van der Waals surface area contributed by atoms with E-state index in [4.69, 9.17) is 17.0 Å². The van der Waals surface area contributed by atoms with E-state index in [1.54, 1.807) is 0 Å². The van der Waals surface area contributed by atoms with Gasteiger partial charge < -0.3 is 0 Å². The van der Waals surface area contributed by atoms with E-state index in [9.17, 15) is 0 Å². The molecule has 1 aliphatic rings. The molecule has 1 heterocycles. The molecule has 0 N–H and O–H groups in total. The van der Waals surface area contributed by atoms with Gasteiger partial charge in [-0.15, -0.1) is 74.6 Å². The monoisotopic (exact) mass is 889 g/mol. The Morgan fingerprint density at radius 3 is 1.47 bits per heavy atom. The molecule has 9 rings (SSSR count). The maximum Gasteiger partial charge on any atom is 0.0920 e. The van der Waals surface area contributed by atoms with E-state index < -0.39 is 20.8 Å². The van der Waals surface area contributed by atoms with Crippen LogP contribution in [0.3, 0.4) is 0 Å². The van der Waals surface area contributed by atoms with Gasteiger partial charge in [-0.05, 0) is 51.7 Å². The molecule has 2 radical (unpaired) electrons. The van der Waals surface area contributed by atoms with Crippen LogP contribution in [0.2, 0.25) is 0 Å². The van der Waals surface area contributed by atoms with Crippen LogP contribution in [0, 0.1) is 47.6 Å². The summed E-state index contributed by atoms with van der Waals surface area (Å²) in [5, 5.41) is 8.36. The fourth-order valence-electron chi connectivity index (χ4n) is 8.56. The largest absolute Gasteiger partial charge is 0.184 e. The molecule has 294 valence electrons. The number of hydrogen-bond donors (Lipinski definition) is 0. The zero-order valence-electron chi connectivity index (χ0n) is 35.2. The number of hydrogen-bond acceptors (Lipinski definition) is 0. The smallest absolute Gasteiger partial charge is 0.0920 e. The second kappa shape index (κ2) is 20.5. The molecule has 4 heteroatoms. The fourth-order valence-corrected chi connectivity index (χ4v) is 9.86. The Kier molecular flexibility index (Phi) is 15.4. The van der Waals surface area contributed by atoms with E-state index in [1.165, 1.54) is 123 Å². The summed E-state index contributed by atoms with van der Waals surface area (Å²) in [6.07, 6.45) is 4.65. The Balaban J connectivity index is 0.000000145. The summed E-state index contributed by atoms with van der Waals surface area (Å²) in [5.41, 5.74) is 19.4. The molecule has 0 aromatic heterocycles. The van der Waals surface area contributed by atoms with Gasteiger partial charge in [0.25, 0.3) is 0 Å². The summed E-state index contributed by atoms with van der Waals surface area (Å²) in [4.78, 5) is 0. The van der Waals surface area contributed by atoms with Gasteiger partial charge in [-0.25, -0.2) is 0 Å². The third kappa shape index (κ3) is 10.5. The van der Waals surface area contributed by atoms with Gasteiger partial charge in [0.15, 0.2) is 0 Å². The maximum absolute atomic E-state index is 4.93. The predicted octanol–water partition coefficient (Wildman–Crippen LogP) is 14.7. The van der Waals surface area contributed by atoms with Crippen molar-refractivity contribution < 1.29 is 20.8 Å². The van der Waals surface area contributed by atoms with Crippen LogP contribution in [0.25, 0.3) is 54.9 Å². The number of benzene rings is 6. The van der Waals surface area contributed by atoms with Crippen LogP contribution < -0.4 is 10.4 Å². The van der Waals surface area contributed by atoms with Crippen LogP contribution in [0.1, 0.15) is 71.2 Å². The topological polar surface area (TPSA) is 0 Å². The van der Waals surface area contributed by atoms with E-state index in [1.807, 2.05) is 6.07 Å². The summed E-state index contributed by atoms with van der Waals surface area (Å²) in [5.74, 6) is 0. The van der Waals surface area contributed by atoms with Gasteiger partial charge >= 0.3 is 37.9 Å². The molecule has 58 heavy (non-hydrogen) atoms. The van der Waals surface area contributed by atoms with E-state index in [0.29, 0.717) is 0 Å². The summed E-state index contributed by atoms with van der Waals surface area (Å²) in [7, 11) is 10.7. The van der Waals surface area contributed by atoms with E-state index >= 15 is 0 Å². The Hall–Kier alpha value is -3.78. The molecule has 0 saturated carbocycles. The van der Waals surface area contributed by atoms with E-state index in [0.717, 1.165) is 22.4 Å². The Morgan fingerprint density at radius 1 is 0.552 bits per heavy atom. The molecular formula is C54H53Cl2SiZr-3. The number of rotatable bonds is 6. The molecule has 8 aromatic carbocycles. The quantitative estimate of drug-likeness (QED) is 0.115. The maximum atomic E-state index is 4.93. The van der Waals surface area contributed by atoms with Gasteiger partial charge in [0.05, 0.1) is 9.52 Å². The van der Waals surface area contributed by atoms with Crippen molar-refractivity contribution in [2.75, 3.05) is 0 Å². The van der Waals surface area contributed by atoms with Crippen LogP contribution in [0.4, 0.5) is 0 Å². The average molecular weight is 892 g/mol. The third-order valence-corrected chi connectivity index (χ3v) is 12.0. The molecule has 0 saturated heterocycles. The number of fused-ring (bicyclic) bond motifs is 5. The molecule has 0 bridgehead atoms. The second-order valence-electron chi connectivity index (χ2n) is 15.7. The van der Waals surface area contributed by atoms with E-state index in [2.05, 4.69) is 183 Å². The summed E-state index contributed by atoms with van der Waals surface area (Å²) in [6.45, 7) is 17.6. The van der Waals surface area contributed by atoms with Crippen LogP contribution >= 0.6 is 17.0 Å². The average Bonchev–Trinajstić information content (AvgIpc) is 3.88. The van der Waals surface area contributed by atoms with Crippen molar-refractivity contribution in [3.63, 3.8) is 0 Å². The predicted molar refractivity (Wildman–Crippen MR) is 254 cm³/mol. The Bertz CT molecular complexity index is 2420. The molecule has 8 aromatic rings. The van der Waals surface area contributed by atoms with E-state index in [-0.39, 0.29) is 0 Å². The van der Waals surface area contributed by atoms with Crippen molar-refractivity contribution in [1.82, 2.24) is 0 Å². The first-order valence-corrected chi connectivity index (χ1v) is 27.7. The first-order chi connectivity index (χ1) is 28.0. The van der Waals surface area contributed by atoms with Crippen molar-refractivity contribution in [2.45, 2.75) is 81.1 Å². The molecule has 0 aliphatic carbocycles. The fraction of sp³-hybridized carbons (Fsp3) is 0.222. The van der Waals surface area contributed by atoms with Gasteiger partial charge in [-0.1, -0.05) is 156 Å². The van der Waals surface area contributed by atoms with Crippen LogP contribution in [0.5, 0.6) is 0 Å². The molecular weight excluding hydrogens is 839 g/mol. The Morgan fingerprint density at radius 2 is 1.00 bits per heavy atom. The van der Waals surface area contributed by atoms with Crippen molar-refractivity contribution in [3.05, 3.63) is 178 Å². The number of halogens is 2. The molecule has 0 nitrogen and oxygen atoms in total. The third-order valence-electron chi connectivity index (χ3n) is 10.6. The minimum absolute atomic E-state index is 0.795. The first kappa shape index (κ1) is 43.8. The minimum atomic E-state index is -0.826. The number of aryl methyl sites for hydroxylation is 8. The minimum Gasteiger partial charge on any atom is -0.184 e. The molecule has 0 fully saturated rings. The summed E-state index contributed by atoms with van der Waals surface area (Å²) < 4.78 is 0. The van der Waals surface area contributed by atoms with Crippen molar-refractivity contribution in [1.29, 1.82) is 0 Å². The first-order valence-electron chi connectivity index (χ1n) is 20.4. The normalized spacial score (nSPS) is 11.1. The van der Waals surface area contributed by atoms with Crippen molar-refractivity contribution in [2.24, 2.45) is 0 Å². The standard InChI is InChI=1S/2C21H23.C12H7Si.2ClH.Zr/c2*1-5-6-17-7-8-18-10-16(4)13-20(18)21(17)19-11-14(2)9-15(3)12-19;1-3-7-11-9(5-1)10-6-2-4-8-12(10)13-11;;;/h2*7-13H,5-6H2,1-4H3;1-7H;2*1H;/q3*-1;;;+2/p-2. The SMILES string of the molecule is CCCc1ccc2[cH-]c(C)cc2c1-c1cc(C)cc(C)c1.CCCc1ccc2[cH-]c(C)cc2c1-c1cc(C)cc(C)c1.[Cl][Zr][Cl].[c-]1cccc2c1[Si]c1ccccc1-2. The van der Waals surface area contributed by atoms with Crippen LogP contribution in [0.15, 0.2) is 127 Å². The molecule has 0 amide bonds. The van der Waals surface area contributed by atoms with Crippen molar-refractivity contribution >= 4 is 58.5 Å². The van der Waals surface area contributed by atoms with Gasteiger partial charge in [0, 0.05) is 0 Å². The molecule has 0 spiro atoms. The van der Waals surface area contributed by atoms with Gasteiger partial charge in [-0.2, -0.15) is 41.6 Å². The van der Waals surface area contributed by atoms with Crippen molar-refractivity contribution in [3.8, 4) is 33.4 Å².